The normalized spacial score (nSPS) is 21.3. The lowest BCUT2D eigenvalue weighted by atomic mass is 10.1. The molecule has 0 aromatic carbocycles. The SMILES string of the molecule is COCCCn1c(C)cc(C(=O)N2CC[C@H]3C(=O)NCCN3CC2)c1C. The maximum Gasteiger partial charge on any atom is 0.255 e. The second-order valence-electron chi connectivity index (χ2n) is 7.21. The van der Waals surface area contributed by atoms with Crippen LogP contribution in [0.2, 0.25) is 0 Å². The third-order valence-electron chi connectivity index (χ3n) is 5.59. The molecule has 3 heterocycles. The van der Waals surface area contributed by atoms with E-state index < -0.39 is 0 Å². The van der Waals surface area contributed by atoms with E-state index in [4.69, 9.17) is 4.74 Å². The van der Waals surface area contributed by atoms with Crippen LogP contribution in [-0.4, -0.2) is 78.7 Å². The summed E-state index contributed by atoms with van der Waals surface area (Å²) in [5.41, 5.74) is 2.90. The molecule has 7 heteroatoms. The fraction of sp³-hybridized carbons (Fsp3) is 0.684. The number of fused-ring (bicyclic) bond motifs is 1. The fourth-order valence-electron chi connectivity index (χ4n) is 4.08. The van der Waals surface area contributed by atoms with Crippen molar-refractivity contribution in [1.82, 2.24) is 19.7 Å². The Hall–Kier alpha value is -1.86. The van der Waals surface area contributed by atoms with Crippen LogP contribution < -0.4 is 5.32 Å². The number of piperazine rings is 1. The first-order valence-electron chi connectivity index (χ1n) is 9.49. The van der Waals surface area contributed by atoms with Gasteiger partial charge in [0, 0.05) is 64.4 Å². The van der Waals surface area contributed by atoms with Crippen LogP contribution in [0.5, 0.6) is 0 Å². The third-order valence-corrected chi connectivity index (χ3v) is 5.59. The predicted octanol–water partition coefficient (Wildman–Crippen LogP) is 0.788. The number of hydrogen-bond acceptors (Lipinski definition) is 4. The summed E-state index contributed by atoms with van der Waals surface area (Å²) < 4.78 is 7.33. The number of carbonyl (C=O) groups is 2. The van der Waals surface area contributed by atoms with Crippen molar-refractivity contribution < 1.29 is 14.3 Å². The van der Waals surface area contributed by atoms with Crippen LogP contribution in [0.15, 0.2) is 6.07 Å². The van der Waals surface area contributed by atoms with Gasteiger partial charge in [-0.2, -0.15) is 0 Å². The zero-order valence-electron chi connectivity index (χ0n) is 16.1. The van der Waals surface area contributed by atoms with Crippen LogP contribution in [0, 0.1) is 13.8 Å². The standard InChI is InChI=1S/C19H30N4O3/c1-14-13-16(15(2)23(14)7-4-12-26-3)19(25)22-8-5-17-18(24)20-6-9-21(17)10-11-22/h13,17H,4-12H2,1-3H3,(H,20,24)/t17-/m0/s1. The lowest BCUT2D eigenvalue weighted by Gasteiger charge is -2.32. The quantitative estimate of drug-likeness (QED) is 0.787. The van der Waals surface area contributed by atoms with Crippen molar-refractivity contribution in [2.45, 2.75) is 39.3 Å². The van der Waals surface area contributed by atoms with Crippen LogP contribution in [0.1, 0.15) is 34.6 Å². The number of amides is 2. The Kier molecular flexibility index (Phi) is 5.98. The molecule has 0 aliphatic carbocycles. The lowest BCUT2D eigenvalue weighted by Crippen LogP contribution is -2.55. The van der Waals surface area contributed by atoms with Gasteiger partial charge in [-0.3, -0.25) is 14.5 Å². The first-order chi connectivity index (χ1) is 12.5. The molecule has 2 aliphatic heterocycles. The highest BCUT2D eigenvalue weighted by Crippen LogP contribution is 2.20. The highest BCUT2D eigenvalue weighted by Gasteiger charge is 2.33. The smallest absolute Gasteiger partial charge is 0.255 e. The molecule has 2 fully saturated rings. The highest BCUT2D eigenvalue weighted by molar-refractivity contribution is 5.96. The van der Waals surface area contributed by atoms with E-state index in [2.05, 4.69) is 14.8 Å². The van der Waals surface area contributed by atoms with E-state index in [1.165, 1.54) is 0 Å². The first-order valence-corrected chi connectivity index (χ1v) is 9.49. The molecule has 1 atom stereocenters. The summed E-state index contributed by atoms with van der Waals surface area (Å²) in [6, 6.07) is 1.90. The van der Waals surface area contributed by atoms with Crippen LogP contribution in [0.3, 0.4) is 0 Å². The molecule has 7 nitrogen and oxygen atoms in total. The van der Waals surface area contributed by atoms with Gasteiger partial charge in [0.05, 0.1) is 11.6 Å². The third kappa shape index (κ3) is 3.78. The van der Waals surface area contributed by atoms with Gasteiger partial charge in [0.15, 0.2) is 0 Å². The summed E-state index contributed by atoms with van der Waals surface area (Å²) in [7, 11) is 1.71. The molecule has 2 aliphatic rings. The van der Waals surface area contributed by atoms with E-state index in [0.29, 0.717) is 32.7 Å². The Labute approximate surface area is 155 Å². The molecule has 26 heavy (non-hydrogen) atoms. The fourth-order valence-corrected chi connectivity index (χ4v) is 4.08. The van der Waals surface area contributed by atoms with E-state index >= 15 is 0 Å². The molecule has 144 valence electrons. The van der Waals surface area contributed by atoms with Gasteiger partial charge >= 0.3 is 0 Å². The Morgan fingerprint density at radius 1 is 1.27 bits per heavy atom. The van der Waals surface area contributed by atoms with Crippen molar-refractivity contribution in [3.8, 4) is 0 Å². The van der Waals surface area contributed by atoms with Crippen LogP contribution in [0.25, 0.3) is 0 Å². The molecule has 0 radical (unpaired) electrons. The molecule has 0 unspecified atom stereocenters. The number of ether oxygens (including phenoxy) is 1. The Morgan fingerprint density at radius 3 is 2.85 bits per heavy atom. The summed E-state index contributed by atoms with van der Waals surface area (Å²) in [4.78, 5) is 29.3. The minimum Gasteiger partial charge on any atom is -0.385 e. The Bertz CT molecular complexity index is 670. The van der Waals surface area contributed by atoms with E-state index in [1.54, 1.807) is 7.11 Å². The zero-order valence-corrected chi connectivity index (χ0v) is 16.1. The summed E-state index contributed by atoms with van der Waals surface area (Å²) in [6.45, 7) is 9.26. The minimum atomic E-state index is -0.0944. The maximum absolute atomic E-state index is 13.1. The summed E-state index contributed by atoms with van der Waals surface area (Å²) >= 11 is 0. The number of aromatic nitrogens is 1. The summed E-state index contributed by atoms with van der Waals surface area (Å²) in [5.74, 6) is 0.179. The van der Waals surface area contributed by atoms with Crippen LogP contribution in [0.4, 0.5) is 0 Å². The Balaban J connectivity index is 1.71. The van der Waals surface area contributed by atoms with Crippen molar-refractivity contribution >= 4 is 11.8 Å². The number of nitrogens with zero attached hydrogens (tertiary/aromatic N) is 3. The monoisotopic (exact) mass is 362 g/mol. The number of hydrogen-bond donors (Lipinski definition) is 1. The van der Waals surface area contributed by atoms with Gasteiger partial charge in [-0.1, -0.05) is 0 Å². The number of nitrogens with one attached hydrogen (secondary N) is 1. The number of aryl methyl sites for hydroxylation is 1. The van der Waals surface area contributed by atoms with Gasteiger partial charge in [-0.15, -0.1) is 0 Å². The van der Waals surface area contributed by atoms with Crippen molar-refractivity contribution in [2.24, 2.45) is 0 Å². The van der Waals surface area contributed by atoms with Crippen molar-refractivity contribution in [2.75, 3.05) is 46.4 Å². The maximum atomic E-state index is 13.1. The average Bonchev–Trinajstić information content (AvgIpc) is 2.80. The summed E-state index contributed by atoms with van der Waals surface area (Å²) in [6.07, 6.45) is 1.63. The molecule has 3 rings (SSSR count). The molecule has 2 saturated heterocycles. The minimum absolute atomic E-state index is 0.0800. The lowest BCUT2D eigenvalue weighted by molar-refractivity contribution is -0.128. The average molecular weight is 362 g/mol. The van der Waals surface area contributed by atoms with Gasteiger partial charge in [0.1, 0.15) is 0 Å². The molecule has 1 N–H and O–H groups in total. The Morgan fingerprint density at radius 2 is 2.08 bits per heavy atom. The van der Waals surface area contributed by atoms with E-state index in [0.717, 1.165) is 43.0 Å². The van der Waals surface area contributed by atoms with Crippen LogP contribution in [-0.2, 0) is 16.1 Å². The van der Waals surface area contributed by atoms with E-state index in [-0.39, 0.29) is 17.9 Å². The van der Waals surface area contributed by atoms with E-state index in [1.807, 2.05) is 24.8 Å². The van der Waals surface area contributed by atoms with Crippen LogP contribution >= 0.6 is 0 Å². The van der Waals surface area contributed by atoms with E-state index in [9.17, 15) is 9.59 Å². The molecular formula is C19H30N4O3. The second kappa shape index (κ2) is 8.22. The van der Waals surface area contributed by atoms with Crippen molar-refractivity contribution in [3.63, 3.8) is 0 Å². The predicted molar refractivity (Wildman–Crippen MR) is 99.3 cm³/mol. The number of methoxy groups -OCH3 is 1. The van der Waals surface area contributed by atoms with Crippen molar-refractivity contribution in [3.05, 3.63) is 23.0 Å². The number of rotatable bonds is 5. The molecule has 1 aromatic rings. The van der Waals surface area contributed by atoms with Gasteiger partial charge in [-0.25, -0.2) is 0 Å². The van der Waals surface area contributed by atoms with Gasteiger partial charge in [0.2, 0.25) is 5.91 Å². The topological polar surface area (TPSA) is 66.8 Å². The molecule has 1 aromatic heterocycles. The first kappa shape index (κ1) is 18.9. The van der Waals surface area contributed by atoms with Gasteiger partial charge < -0.3 is 19.5 Å². The van der Waals surface area contributed by atoms with Gasteiger partial charge in [0.25, 0.3) is 5.91 Å². The molecule has 2 amide bonds. The zero-order chi connectivity index (χ0) is 18.7. The molecule has 0 saturated carbocycles. The second-order valence-corrected chi connectivity index (χ2v) is 7.21. The molecular weight excluding hydrogens is 332 g/mol. The molecule has 0 bridgehead atoms. The molecule has 0 spiro atoms. The number of carbonyl (C=O) groups excluding carboxylic acids is 2. The largest absolute Gasteiger partial charge is 0.385 e. The summed E-state index contributed by atoms with van der Waals surface area (Å²) in [5, 5.41) is 2.93. The van der Waals surface area contributed by atoms with Crippen molar-refractivity contribution in [1.29, 1.82) is 0 Å². The highest BCUT2D eigenvalue weighted by atomic mass is 16.5. The van der Waals surface area contributed by atoms with Gasteiger partial charge in [-0.05, 0) is 32.8 Å².